The molecular weight excluding hydrogens is 363 g/mol. The summed E-state index contributed by atoms with van der Waals surface area (Å²) in [5.74, 6) is -0.304. The zero-order chi connectivity index (χ0) is 17.0. The van der Waals surface area contributed by atoms with E-state index in [9.17, 15) is 13.2 Å². The summed E-state index contributed by atoms with van der Waals surface area (Å²) in [6, 6.07) is 4.36. The zero-order valence-electron chi connectivity index (χ0n) is 12.7. The molecule has 1 aromatic rings. The Hall–Kier alpha value is -0.860. The number of carbonyl (C=O) groups is 1. The lowest BCUT2D eigenvalue weighted by atomic mass is 10.3. The molecule has 0 N–H and O–H groups in total. The minimum atomic E-state index is -3.70. The standard InChI is InChI=1S/C14H18Cl2N2O4S/c1-2-22-14(19)10-17-5-7-18(8-6-17)23(20,21)13-9-11(15)3-4-12(13)16/h3-4,9H,2,5-8,10H2,1H3. The molecule has 6 nitrogen and oxygen atoms in total. The monoisotopic (exact) mass is 380 g/mol. The van der Waals surface area contributed by atoms with Crippen LogP contribution >= 0.6 is 23.2 Å². The minimum Gasteiger partial charge on any atom is -0.465 e. The van der Waals surface area contributed by atoms with Crippen LogP contribution in [0.2, 0.25) is 10.0 Å². The van der Waals surface area contributed by atoms with Gasteiger partial charge in [-0.25, -0.2) is 8.42 Å². The van der Waals surface area contributed by atoms with Crippen LogP contribution in [0.5, 0.6) is 0 Å². The Bertz CT molecular complexity index is 673. The molecule has 0 spiro atoms. The van der Waals surface area contributed by atoms with Crippen molar-refractivity contribution in [2.24, 2.45) is 0 Å². The van der Waals surface area contributed by atoms with Crippen molar-refractivity contribution in [1.82, 2.24) is 9.21 Å². The summed E-state index contributed by atoms with van der Waals surface area (Å²) < 4.78 is 31.6. The molecule has 2 rings (SSSR count). The van der Waals surface area contributed by atoms with Crippen molar-refractivity contribution in [3.8, 4) is 0 Å². The van der Waals surface area contributed by atoms with Crippen LogP contribution in [0.1, 0.15) is 6.92 Å². The van der Waals surface area contributed by atoms with E-state index in [0.717, 1.165) is 0 Å². The number of hydrogen-bond donors (Lipinski definition) is 0. The number of halogens is 2. The van der Waals surface area contributed by atoms with Gasteiger partial charge in [-0.3, -0.25) is 9.69 Å². The molecule has 9 heteroatoms. The van der Waals surface area contributed by atoms with Crippen molar-refractivity contribution in [3.05, 3.63) is 28.2 Å². The van der Waals surface area contributed by atoms with Crippen molar-refractivity contribution < 1.29 is 17.9 Å². The molecule has 1 aliphatic rings. The second-order valence-electron chi connectivity index (χ2n) is 5.06. The fourth-order valence-corrected chi connectivity index (χ4v) is 4.49. The molecule has 1 heterocycles. The highest BCUT2D eigenvalue weighted by Gasteiger charge is 2.30. The second kappa shape index (κ2) is 7.81. The van der Waals surface area contributed by atoms with Gasteiger partial charge in [0.25, 0.3) is 0 Å². The van der Waals surface area contributed by atoms with Crippen molar-refractivity contribution in [3.63, 3.8) is 0 Å². The number of rotatable bonds is 5. The molecule has 0 radical (unpaired) electrons. The lowest BCUT2D eigenvalue weighted by Crippen LogP contribution is -2.50. The summed E-state index contributed by atoms with van der Waals surface area (Å²) in [6.07, 6.45) is 0. The Kier molecular flexibility index (Phi) is 6.27. The fraction of sp³-hybridized carbons (Fsp3) is 0.500. The third-order valence-electron chi connectivity index (χ3n) is 3.50. The molecule has 0 unspecified atom stereocenters. The third-order valence-corrected chi connectivity index (χ3v) is 6.12. The van der Waals surface area contributed by atoms with Gasteiger partial charge in [0.05, 0.1) is 18.2 Å². The maximum Gasteiger partial charge on any atom is 0.320 e. The maximum absolute atomic E-state index is 12.7. The number of hydrogen-bond acceptors (Lipinski definition) is 5. The normalized spacial score (nSPS) is 17.2. The van der Waals surface area contributed by atoms with E-state index in [1.54, 1.807) is 13.0 Å². The van der Waals surface area contributed by atoms with Crippen molar-refractivity contribution in [2.75, 3.05) is 39.3 Å². The van der Waals surface area contributed by atoms with Crippen LogP contribution < -0.4 is 0 Å². The van der Waals surface area contributed by atoms with E-state index in [4.69, 9.17) is 27.9 Å². The number of sulfonamides is 1. The predicted octanol–water partition coefficient (Wildman–Crippen LogP) is 1.86. The van der Waals surface area contributed by atoms with E-state index in [1.807, 2.05) is 4.90 Å². The molecule has 1 saturated heterocycles. The summed E-state index contributed by atoms with van der Waals surface area (Å²) in [5.41, 5.74) is 0. The summed E-state index contributed by atoms with van der Waals surface area (Å²) >= 11 is 11.9. The van der Waals surface area contributed by atoms with Crippen LogP contribution in [-0.2, 0) is 19.6 Å². The van der Waals surface area contributed by atoms with Gasteiger partial charge >= 0.3 is 5.97 Å². The van der Waals surface area contributed by atoms with E-state index < -0.39 is 10.0 Å². The van der Waals surface area contributed by atoms with Crippen LogP contribution in [0.25, 0.3) is 0 Å². The highest BCUT2D eigenvalue weighted by molar-refractivity contribution is 7.89. The molecule has 1 aliphatic heterocycles. The number of piperazine rings is 1. The predicted molar refractivity (Wildman–Crippen MR) is 88.3 cm³/mol. The fourth-order valence-electron chi connectivity index (χ4n) is 2.33. The first-order chi connectivity index (χ1) is 10.8. The van der Waals surface area contributed by atoms with E-state index >= 15 is 0 Å². The Balaban J connectivity index is 2.04. The number of ether oxygens (including phenoxy) is 1. The topological polar surface area (TPSA) is 66.9 Å². The molecule has 23 heavy (non-hydrogen) atoms. The van der Waals surface area contributed by atoms with Gasteiger partial charge in [-0.2, -0.15) is 4.31 Å². The number of carbonyl (C=O) groups excluding carboxylic acids is 1. The highest BCUT2D eigenvalue weighted by Crippen LogP contribution is 2.28. The van der Waals surface area contributed by atoms with Crippen LogP contribution in [-0.4, -0.2) is 62.9 Å². The molecule has 0 aromatic heterocycles. The van der Waals surface area contributed by atoms with Gasteiger partial charge in [0.2, 0.25) is 10.0 Å². The highest BCUT2D eigenvalue weighted by atomic mass is 35.5. The number of benzene rings is 1. The second-order valence-corrected chi connectivity index (χ2v) is 7.81. The summed E-state index contributed by atoms with van der Waals surface area (Å²) in [5, 5.41) is 0.456. The molecule has 0 aliphatic carbocycles. The first kappa shape index (κ1) is 18.5. The summed E-state index contributed by atoms with van der Waals surface area (Å²) in [4.78, 5) is 13.3. The van der Waals surface area contributed by atoms with Gasteiger partial charge in [0.15, 0.2) is 0 Å². The quantitative estimate of drug-likeness (QED) is 0.729. The van der Waals surface area contributed by atoms with E-state index in [1.165, 1.54) is 16.4 Å². The minimum absolute atomic E-state index is 0.00510. The van der Waals surface area contributed by atoms with Gasteiger partial charge in [-0.1, -0.05) is 23.2 Å². The van der Waals surface area contributed by atoms with Crippen LogP contribution in [0.15, 0.2) is 23.1 Å². The van der Waals surface area contributed by atoms with E-state index in [-0.39, 0.29) is 35.5 Å². The average Bonchev–Trinajstić information content (AvgIpc) is 2.50. The lowest BCUT2D eigenvalue weighted by Gasteiger charge is -2.33. The SMILES string of the molecule is CCOC(=O)CN1CCN(S(=O)(=O)c2cc(Cl)ccc2Cl)CC1. The summed E-state index contributed by atoms with van der Waals surface area (Å²) in [6.45, 7) is 3.72. The largest absolute Gasteiger partial charge is 0.465 e. The van der Waals surface area contributed by atoms with Gasteiger partial charge < -0.3 is 4.74 Å². The molecule has 1 fully saturated rings. The lowest BCUT2D eigenvalue weighted by molar-refractivity contribution is -0.144. The first-order valence-corrected chi connectivity index (χ1v) is 9.37. The van der Waals surface area contributed by atoms with Gasteiger partial charge in [-0.15, -0.1) is 0 Å². The van der Waals surface area contributed by atoms with Crippen molar-refractivity contribution in [2.45, 2.75) is 11.8 Å². The van der Waals surface area contributed by atoms with Crippen LogP contribution in [0.4, 0.5) is 0 Å². The van der Waals surface area contributed by atoms with E-state index in [2.05, 4.69) is 0 Å². The molecular formula is C14H18Cl2N2O4S. The summed E-state index contributed by atoms with van der Waals surface area (Å²) in [7, 11) is -3.70. The molecule has 0 bridgehead atoms. The molecule has 0 amide bonds. The van der Waals surface area contributed by atoms with Crippen molar-refractivity contribution >= 4 is 39.2 Å². The van der Waals surface area contributed by atoms with Gasteiger partial charge in [-0.05, 0) is 25.1 Å². The molecule has 1 aromatic carbocycles. The Morgan fingerprint density at radius 3 is 2.48 bits per heavy atom. The maximum atomic E-state index is 12.7. The molecule has 0 atom stereocenters. The van der Waals surface area contributed by atoms with Gasteiger partial charge in [0.1, 0.15) is 4.90 Å². The average molecular weight is 381 g/mol. The third kappa shape index (κ3) is 4.58. The zero-order valence-corrected chi connectivity index (χ0v) is 15.0. The Morgan fingerprint density at radius 2 is 1.87 bits per heavy atom. The smallest absolute Gasteiger partial charge is 0.320 e. The number of esters is 1. The van der Waals surface area contributed by atoms with Crippen LogP contribution in [0.3, 0.4) is 0 Å². The number of nitrogens with zero attached hydrogens (tertiary/aromatic N) is 2. The Labute approximate surface area is 146 Å². The Morgan fingerprint density at radius 1 is 1.22 bits per heavy atom. The van der Waals surface area contributed by atoms with Gasteiger partial charge in [0, 0.05) is 31.2 Å². The molecule has 128 valence electrons. The molecule has 0 saturated carbocycles. The van der Waals surface area contributed by atoms with Crippen molar-refractivity contribution in [1.29, 1.82) is 0 Å². The van der Waals surface area contributed by atoms with Crippen LogP contribution in [0, 0.1) is 0 Å². The first-order valence-electron chi connectivity index (χ1n) is 7.17. The van der Waals surface area contributed by atoms with E-state index in [0.29, 0.717) is 24.7 Å².